The maximum absolute atomic E-state index is 13.5. The molecule has 9 heteroatoms. The Bertz CT molecular complexity index is 1470. The summed E-state index contributed by atoms with van der Waals surface area (Å²) in [4.78, 5) is 25.6. The van der Waals surface area contributed by atoms with Gasteiger partial charge in [0.05, 0.1) is 17.4 Å². The van der Waals surface area contributed by atoms with Gasteiger partial charge in [-0.15, -0.1) is 0 Å². The van der Waals surface area contributed by atoms with Crippen molar-refractivity contribution in [3.05, 3.63) is 96.3 Å². The Morgan fingerprint density at radius 2 is 1.86 bits per heavy atom. The van der Waals surface area contributed by atoms with Gasteiger partial charge in [0.25, 0.3) is 5.91 Å². The second kappa shape index (κ2) is 13.1. The number of hydrogen-bond acceptors (Lipinski definition) is 4. The molecule has 0 saturated heterocycles. The predicted molar refractivity (Wildman–Crippen MR) is 154 cm³/mol. The van der Waals surface area contributed by atoms with Gasteiger partial charge in [-0.1, -0.05) is 43.9 Å². The second-order valence-corrected chi connectivity index (χ2v) is 10.9. The SMILES string of the molecule is C=COc1ccc2c(OCc3ccc(C(F)(F)F)cc3)c(C(=O)N[C@@H](CCC3CC(=C)CC(C)C3)C(=O)O)ccc2c1. The molecule has 1 fully saturated rings. The van der Waals surface area contributed by atoms with Crippen molar-refractivity contribution >= 4 is 22.6 Å². The molecule has 0 spiro atoms. The number of allylic oxidation sites excluding steroid dienone is 1. The van der Waals surface area contributed by atoms with Gasteiger partial charge >= 0.3 is 12.1 Å². The van der Waals surface area contributed by atoms with Crippen molar-refractivity contribution in [2.75, 3.05) is 0 Å². The average Bonchev–Trinajstić information content (AvgIpc) is 2.93. The topological polar surface area (TPSA) is 84.9 Å². The zero-order valence-electron chi connectivity index (χ0n) is 23.4. The quantitative estimate of drug-likeness (QED) is 0.178. The zero-order chi connectivity index (χ0) is 30.4. The van der Waals surface area contributed by atoms with E-state index in [0.717, 1.165) is 31.4 Å². The fourth-order valence-electron chi connectivity index (χ4n) is 5.56. The molecule has 2 unspecified atom stereocenters. The fraction of sp³-hybridized carbons (Fsp3) is 0.333. The maximum Gasteiger partial charge on any atom is 0.416 e. The lowest BCUT2D eigenvalue weighted by Crippen LogP contribution is -2.41. The molecule has 0 heterocycles. The lowest BCUT2D eigenvalue weighted by Gasteiger charge is -2.29. The summed E-state index contributed by atoms with van der Waals surface area (Å²) >= 11 is 0. The van der Waals surface area contributed by atoms with Crippen molar-refractivity contribution in [3.63, 3.8) is 0 Å². The summed E-state index contributed by atoms with van der Waals surface area (Å²) < 4.78 is 50.4. The van der Waals surface area contributed by atoms with Crippen LogP contribution in [-0.4, -0.2) is 23.0 Å². The second-order valence-electron chi connectivity index (χ2n) is 10.9. The van der Waals surface area contributed by atoms with Crippen molar-refractivity contribution < 1.29 is 37.3 Å². The van der Waals surface area contributed by atoms with Gasteiger partial charge in [0.15, 0.2) is 0 Å². The molecule has 222 valence electrons. The molecule has 1 amide bonds. The molecular weight excluding hydrogens is 547 g/mol. The van der Waals surface area contributed by atoms with Crippen LogP contribution in [0.25, 0.3) is 10.8 Å². The normalized spacial score (nSPS) is 17.9. The number of carboxylic acid groups (broad SMARTS) is 1. The minimum atomic E-state index is -4.46. The van der Waals surface area contributed by atoms with Crippen LogP contribution >= 0.6 is 0 Å². The maximum atomic E-state index is 13.5. The molecule has 1 saturated carbocycles. The van der Waals surface area contributed by atoms with Crippen molar-refractivity contribution in [1.82, 2.24) is 5.32 Å². The van der Waals surface area contributed by atoms with Crippen molar-refractivity contribution in [1.29, 1.82) is 0 Å². The van der Waals surface area contributed by atoms with E-state index in [9.17, 15) is 27.9 Å². The molecular formula is C33H34F3NO5. The highest BCUT2D eigenvalue weighted by Crippen LogP contribution is 2.36. The third-order valence-electron chi connectivity index (χ3n) is 7.49. The molecule has 3 aromatic rings. The van der Waals surface area contributed by atoms with Gasteiger partial charge < -0.3 is 19.9 Å². The molecule has 1 aliphatic carbocycles. The Morgan fingerprint density at radius 1 is 1.12 bits per heavy atom. The van der Waals surface area contributed by atoms with E-state index in [4.69, 9.17) is 9.47 Å². The molecule has 4 rings (SSSR count). The molecule has 2 N–H and O–H groups in total. The number of benzene rings is 3. The minimum absolute atomic E-state index is 0.109. The van der Waals surface area contributed by atoms with Crippen LogP contribution in [0.2, 0.25) is 0 Å². The molecule has 3 atom stereocenters. The van der Waals surface area contributed by atoms with Gasteiger partial charge in [-0.25, -0.2) is 4.79 Å². The lowest BCUT2D eigenvalue weighted by molar-refractivity contribution is -0.139. The number of alkyl halides is 3. The van der Waals surface area contributed by atoms with E-state index in [2.05, 4.69) is 25.4 Å². The van der Waals surface area contributed by atoms with Crippen LogP contribution in [0, 0.1) is 11.8 Å². The number of nitrogens with one attached hydrogen (secondary N) is 1. The number of aliphatic carboxylic acids is 1. The van der Waals surface area contributed by atoms with E-state index in [0.29, 0.717) is 40.3 Å². The van der Waals surface area contributed by atoms with Gasteiger partial charge in [-0.3, -0.25) is 4.79 Å². The number of carbonyl (C=O) groups is 2. The van der Waals surface area contributed by atoms with Crippen LogP contribution in [0.5, 0.6) is 11.5 Å². The molecule has 0 aliphatic heterocycles. The summed E-state index contributed by atoms with van der Waals surface area (Å²) in [7, 11) is 0. The van der Waals surface area contributed by atoms with E-state index in [1.165, 1.54) is 30.0 Å². The summed E-state index contributed by atoms with van der Waals surface area (Å²) in [6.07, 6.45) is 0.549. The average molecular weight is 582 g/mol. The van der Waals surface area contributed by atoms with Gasteiger partial charge in [0.2, 0.25) is 0 Å². The first-order valence-corrected chi connectivity index (χ1v) is 13.8. The van der Waals surface area contributed by atoms with E-state index in [1.54, 1.807) is 24.3 Å². The molecule has 0 bridgehead atoms. The highest BCUT2D eigenvalue weighted by molar-refractivity contribution is 6.05. The van der Waals surface area contributed by atoms with Crippen LogP contribution in [0.15, 0.2) is 79.6 Å². The summed E-state index contributed by atoms with van der Waals surface area (Å²) in [6.45, 7) is 9.70. The number of fused-ring (bicyclic) bond motifs is 1. The van der Waals surface area contributed by atoms with E-state index in [1.807, 2.05) is 0 Å². The summed E-state index contributed by atoms with van der Waals surface area (Å²) in [5.41, 5.74) is 0.961. The first kappa shape index (κ1) is 30.7. The van der Waals surface area contributed by atoms with E-state index in [-0.39, 0.29) is 24.3 Å². The number of rotatable bonds is 11. The third kappa shape index (κ3) is 7.72. The monoisotopic (exact) mass is 581 g/mol. The van der Waals surface area contributed by atoms with Gasteiger partial charge in [0.1, 0.15) is 24.1 Å². The minimum Gasteiger partial charge on any atom is -0.487 e. The summed E-state index contributed by atoms with van der Waals surface area (Å²) in [6, 6.07) is 11.7. The highest BCUT2D eigenvalue weighted by atomic mass is 19.4. The Kier molecular flexibility index (Phi) is 9.60. The lowest BCUT2D eigenvalue weighted by atomic mass is 9.77. The standard InChI is InChI=1S/C33H34F3NO5/c1-4-41-26-11-13-27-24(18-26)8-12-28(30(27)42-19-22-5-9-25(10-6-22)33(34,35)36)31(38)37-29(32(39)40)14-7-23-16-20(2)15-21(3)17-23/h4-6,8-13,18,21,23,29H,1-2,7,14-17,19H2,3H3,(H,37,38)(H,39,40)/t21?,23?,29-/m0/s1. The van der Waals surface area contributed by atoms with Crippen LogP contribution in [0.1, 0.15) is 60.5 Å². The predicted octanol–water partition coefficient (Wildman–Crippen LogP) is 7.92. The molecule has 1 aliphatic rings. The largest absolute Gasteiger partial charge is 0.487 e. The van der Waals surface area contributed by atoms with Gasteiger partial charge in [0, 0.05) is 5.39 Å². The Morgan fingerprint density at radius 3 is 2.50 bits per heavy atom. The van der Waals surface area contributed by atoms with Crippen LogP contribution in [0.3, 0.4) is 0 Å². The van der Waals surface area contributed by atoms with E-state index >= 15 is 0 Å². The Labute approximate surface area is 242 Å². The number of ether oxygens (including phenoxy) is 2. The zero-order valence-corrected chi connectivity index (χ0v) is 23.4. The first-order chi connectivity index (χ1) is 19.9. The van der Waals surface area contributed by atoms with Crippen molar-refractivity contribution in [3.8, 4) is 11.5 Å². The van der Waals surface area contributed by atoms with Crippen molar-refractivity contribution in [2.45, 2.75) is 57.9 Å². The molecule has 42 heavy (non-hydrogen) atoms. The number of hydrogen-bond donors (Lipinski definition) is 2. The number of amides is 1. The smallest absolute Gasteiger partial charge is 0.416 e. The highest BCUT2D eigenvalue weighted by Gasteiger charge is 2.30. The first-order valence-electron chi connectivity index (χ1n) is 13.8. The summed E-state index contributed by atoms with van der Waals surface area (Å²) in [5.74, 6) is -0.265. The fourth-order valence-corrected chi connectivity index (χ4v) is 5.56. The summed E-state index contributed by atoms with van der Waals surface area (Å²) in [5, 5.41) is 13.8. The van der Waals surface area contributed by atoms with Crippen molar-refractivity contribution in [2.24, 2.45) is 11.8 Å². The molecule has 3 aromatic carbocycles. The van der Waals surface area contributed by atoms with Gasteiger partial charge in [-0.05, 0) is 91.3 Å². The van der Waals surface area contributed by atoms with Crippen LogP contribution in [0.4, 0.5) is 13.2 Å². The van der Waals surface area contributed by atoms with E-state index < -0.39 is 29.7 Å². The Balaban J connectivity index is 1.58. The van der Waals surface area contributed by atoms with Crippen LogP contribution < -0.4 is 14.8 Å². The number of halogens is 3. The third-order valence-corrected chi connectivity index (χ3v) is 7.49. The Hall–Kier alpha value is -4.27. The number of carboxylic acids is 1. The van der Waals surface area contributed by atoms with Gasteiger partial charge in [-0.2, -0.15) is 13.2 Å². The van der Waals surface area contributed by atoms with Crippen LogP contribution in [-0.2, 0) is 17.6 Å². The molecule has 6 nitrogen and oxygen atoms in total. The molecule has 0 aromatic heterocycles. The molecule has 0 radical (unpaired) electrons. The number of carbonyl (C=O) groups excluding carboxylic acids is 1.